The second-order valence-electron chi connectivity index (χ2n) is 4.51. The van der Waals surface area contributed by atoms with Crippen molar-refractivity contribution < 1.29 is 9.90 Å². The summed E-state index contributed by atoms with van der Waals surface area (Å²) in [6.07, 6.45) is 5.12. The summed E-state index contributed by atoms with van der Waals surface area (Å²) in [6.45, 7) is 0. The standard InChI is InChI=1S/C16H11BrN2O2/c17-12-5-3-10(4-6-12)14(16(20)21)8-11-9-19-15-13(11)2-1-7-18-15/h1-9H,(H,18,19)(H,20,21). The summed E-state index contributed by atoms with van der Waals surface area (Å²) >= 11 is 3.34. The predicted molar refractivity (Wildman–Crippen MR) is 85.7 cm³/mol. The van der Waals surface area contributed by atoms with Crippen LogP contribution in [-0.4, -0.2) is 21.0 Å². The maximum atomic E-state index is 11.5. The minimum atomic E-state index is -0.962. The fourth-order valence-electron chi connectivity index (χ4n) is 2.15. The van der Waals surface area contributed by atoms with E-state index in [0.29, 0.717) is 5.56 Å². The number of aliphatic carboxylic acids is 1. The summed E-state index contributed by atoms with van der Waals surface area (Å²) in [6, 6.07) is 10.9. The number of carbonyl (C=O) groups is 1. The van der Waals surface area contributed by atoms with Crippen LogP contribution in [0.5, 0.6) is 0 Å². The molecule has 0 bridgehead atoms. The third kappa shape index (κ3) is 2.73. The van der Waals surface area contributed by atoms with E-state index >= 15 is 0 Å². The number of nitrogens with zero attached hydrogens (tertiary/aromatic N) is 1. The Morgan fingerprint density at radius 1 is 1.24 bits per heavy atom. The van der Waals surface area contributed by atoms with Gasteiger partial charge in [-0.15, -0.1) is 0 Å². The first kappa shape index (κ1) is 13.6. The van der Waals surface area contributed by atoms with Gasteiger partial charge in [0, 0.05) is 27.8 Å². The molecule has 0 saturated carbocycles. The molecule has 0 radical (unpaired) electrons. The average molecular weight is 343 g/mol. The van der Waals surface area contributed by atoms with Crippen molar-refractivity contribution in [1.82, 2.24) is 9.97 Å². The summed E-state index contributed by atoms with van der Waals surface area (Å²) in [5, 5.41) is 10.4. The Labute approximate surface area is 129 Å². The van der Waals surface area contributed by atoms with Crippen molar-refractivity contribution in [2.45, 2.75) is 0 Å². The highest BCUT2D eigenvalue weighted by atomic mass is 79.9. The van der Waals surface area contributed by atoms with E-state index in [-0.39, 0.29) is 5.57 Å². The van der Waals surface area contributed by atoms with Crippen LogP contribution in [0.4, 0.5) is 0 Å². The largest absolute Gasteiger partial charge is 0.478 e. The number of H-pyrrole nitrogens is 1. The molecule has 0 aliphatic rings. The molecule has 0 saturated heterocycles. The van der Waals surface area contributed by atoms with E-state index in [1.165, 1.54) is 0 Å². The van der Waals surface area contributed by atoms with Gasteiger partial charge in [0.25, 0.3) is 0 Å². The zero-order chi connectivity index (χ0) is 14.8. The number of carboxylic acids is 1. The van der Waals surface area contributed by atoms with Crippen LogP contribution in [0.3, 0.4) is 0 Å². The third-order valence-electron chi connectivity index (χ3n) is 3.17. The molecule has 0 aliphatic carbocycles. The summed E-state index contributed by atoms with van der Waals surface area (Å²) in [5.74, 6) is -0.962. The molecule has 3 rings (SSSR count). The van der Waals surface area contributed by atoms with Crippen LogP contribution >= 0.6 is 15.9 Å². The molecular formula is C16H11BrN2O2. The van der Waals surface area contributed by atoms with Gasteiger partial charge >= 0.3 is 5.97 Å². The van der Waals surface area contributed by atoms with Crippen LogP contribution in [0.1, 0.15) is 11.1 Å². The van der Waals surface area contributed by atoms with Gasteiger partial charge in [-0.05, 0) is 35.9 Å². The highest BCUT2D eigenvalue weighted by Crippen LogP contribution is 2.24. The van der Waals surface area contributed by atoms with Crippen molar-refractivity contribution in [3.63, 3.8) is 0 Å². The van der Waals surface area contributed by atoms with Crippen molar-refractivity contribution in [1.29, 1.82) is 0 Å². The molecule has 1 aromatic carbocycles. The van der Waals surface area contributed by atoms with Gasteiger partial charge in [-0.1, -0.05) is 28.1 Å². The summed E-state index contributed by atoms with van der Waals surface area (Å²) in [4.78, 5) is 18.8. The third-order valence-corrected chi connectivity index (χ3v) is 3.70. The molecule has 5 heteroatoms. The quantitative estimate of drug-likeness (QED) is 0.708. The maximum Gasteiger partial charge on any atom is 0.336 e. The monoisotopic (exact) mass is 342 g/mol. The number of benzene rings is 1. The lowest BCUT2D eigenvalue weighted by Gasteiger charge is -2.03. The van der Waals surface area contributed by atoms with E-state index in [2.05, 4.69) is 25.9 Å². The molecule has 3 aromatic rings. The van der Waals surface area contributed by atoms with Crippen molar-refractivity contribution in [2.75, 3.05) is 0 Å². The van der Waals surface area contributed by atoms with Gasteiger partial charge in [-0.3, -0.25) is 0 Å². The molecule has 2 heterocycles. The second kappa shape index (κ2) is 5.54. The normalized spacial score (nSPS) is 11.8. The van der Waals surface area contributed by atoms with E-state index in [0.717, 1.165) is 21.1 Å². The van der Waals surface area contributed by atoms with Gasteiger partial charge in [0.2, 0.25) is 0 Å². The van der Waals surface area contributed by atoms with Crippen LogP contribution < -0.4 is 0 Å². The summed E-state index contributed by atoms with van der Waals surface area (Å²) in [7, 11) is 0. The van der Waals surface area contributed by atoms with Crippen molar-refractivity contribution in [3.8, 4) is 0 Å². The van der Waals surface area contributed by atoms with Crippen LogP contribution in [-0.2, 0) is 4.79 Å². The van der Waals surface area contributed by atoms with Gasteiger partial charge in [0.05, 0.1) is 5.57 Å². The highest BCUT2D eigenvalue weighted by molar-refractivity contribution is 9.10. The molecule has 0 aliphatic heterocycles. The van der Waals surface area contributed by atoms with E-state index in [9.17, 15) is 9.90 Å². The molecule has 21 heavy (non-hydrogen) atoms. The summed E-state index contributed by atoms with van der Waals surface area (Å²) in [5.41, 5.74) is 2.44. The number of aromatic nitrogens is 2. The van der Waals surface area contributed by atoms with Crippen LogP contribution in [0.25, 0.3) is 22.7 Å². The fourth-order valence-corrected chi connectivity index (χ4v) is 2.41. The Hall–Kier alpha value is -2.40. The first-order valence-corrected chi connectivity index (χ1v) is 7.07. The van der Waals surface area contributed by atoms with Crippen molar-refractivity contribution in [2.24, 2.45) is 0 Å². The second-order valence-corrected chi connectivity index (χ2v) is 5.43. The maximum absolute atomic E-state index is 11.5. The van der Waals surface area contributed by atoms with E-state index < -0.39 is 5.97 Å². The van der Waals surface area contributed by atoms with Crippen LogP contribution in [0, 0.1) is 0 Å². The molecule has 104 valence electrons. The lowest BCUT2D eigenvalue weighted by atomic mass is 10.0. The zero-order valence-corrected chi connectivity index (χ0v) is 12.5. The molecule has 0 atom stereocenters. The molecule has 0 fully saturated rings. The van der Waals surface area contributed by atoms with E-state index in [1.54, 1.807) is 30.6 Å². The Bertz CT molecular complexity index is 835. The first-order chi connectivity index (χ1) is 10.1. The molecular weight excluding hydrogens is 332 g/mol. The number of fused-ring (bicyclic) bond motifs is 1. The average Bonchev–Trinajstić information content (AvgIpc) is 2.89. The topological polar surface area (TPSA) is 66.0 Å². The SMILES string of the molecule is O=C(O)C(=Cc1c[nH]c2ncccc12)c1ccc(Br)cc1. The Morgan fingerprint density at radius 2 is 2.00 bits per heavy atom. The minimum Gasteiger partial charge on any atom is -0.478 e. The van der Waals surface area contributed by atoms with Gasteiger partial charge in [0.15, 0.2) is 0 Å². The smallest absolute Gasteiger partial charge is 0.336 e. The predicted octanol–water partition coefficient (Wildman–Crippen LogP) is 3.95. The van der Waals surface area contributed by atoms with Crippen LogP contribution in [0.15, 0.2) is 53.3 Å². The fraction of sp³-hybridized carbons (Fsp3) is 0. The number of halogens is 1. The Morgan fingerprint density at radius 3 is 2.71 bits per heavy atom. The minimum absolute atomic E-state index is 0.243. The van der Waals surface area contributed by atoms with Crippen LogP contribution in [0.2, 0.25) is 0 Å². The van der Waals surface area contributed by atoms with Crippen molar-refractivity contribution >= 4 is 44.6 Å². The number of hydrogen-bond acceptors (Lipinski definition) is 2. The number of carboxylic acid groups (broad SMARTS) is 1. The van der Waals surface area contributed by atoms with Gasteiger partial charge in [-0.2, -0.15) is 0 Å². The number of hydrogen-bond donors (Lipinski definition) is 2. The summed E-state index contributed by atoms with van der Waals surface area (Å²) < 4.78 is 0.910. The van der Waals surface area contributed by atoms with E-state index in [1.807, 2.05) is 24.3 Å². The van der Waals surface area contributed by atoms with E-state index in [4.69, 9.17) is 0 Å². The van der Waals surface area contributed by atoms with Gasteiger partial charge in [0.1, 0.15) is 5.65 Å². The Kier molecular flexibility index (Phi) is 3.58. The number of pyridine rings is 1. The van der Waals surface area contributed by atoms with Gasteiger partial charge < -0.3 is 10.1 Å². The molecule has 2 N–H and O–H groups in total. The van der Waals surface area contributed by atoms with Crippen molar-refractivity contribution in [3.05, 3.63) is 64.4 Å². The highest BCUT2D eigenvalue weighted by Gasteiger charge is 2.12. The molecule has 0 spiro atoms. The molecule has 2 aromatic heterocycles. The molecule has 0 unspecified atom stereocenters. The first-order valence-electron chi connectivity index (χ1n) is 6.28. The lowest BCUT2D eigenvalue weighted by Crippen LogP contribution is -1.99. The Balaban J connectivity index is 2.13. The van der Waals surface area contributed by atoms with Gasteiger partial charge in [-0.25, -0.2) is 9.78 Å². The molecule has 0 amide bonds. The lowest BCUT2D eigenvalue weighted by molar-refractivity contribution is -0.130. The zero-order valence-electron chi connectivity index (χ0n) is 10.9. The number of nitrogens with one attached hydrogen (secondary N) is 1. The molecule has 4 nitrogen and oxygen atoms in total. The number of aromatic amines is 1. The number of rotatable bonds is 3.